The quantitative estimate of drug-likeness (QED) is 0.236. The smallest absolute Gasteiger partial charge is 0.340 e. The summed E-state index contributed by atoms with van der Waals surface area (Å²) in [5.74, 6) is -3.52. The molecule has 10 heteroatoms. The number of ether oxygens (including phenoxy) is 2. The molecule has 1 aliphatic heterocycles. The molecule has 1 saturated heterocycles. The topological polar surface area (TPSA) is 177 Å². The summed E-state index contributed by atoms with van der Waals surface area (Å²) >= 11 is 0. The number of carbonyl (C=O) groups excluding carboxylic acids is 1. The van der Waals surface area contributed by atoms with Gasteiger partial charge in [0.1, 0.15) is 24.4 Å². The van der Waals surface area contributed by atoms with Crippen LogP contribution >= 0.6 is 0 Å². The van der Waals surface area contributed by atoms with Crippen LogP contribution in [0.4, 0.5) is 0 Å². The fourth-order valence-electron chi connectivity index (χ4n) is 2.06. The number of aromatic hydroxyl groups is 3. The van der Waals surface area contributed by atoms with Crippen molar-refractivity contribution in [1.82, 2.24) is 0 Å². The van der Waals surface area contributed by atoms with E-state index in [9.17, 15) is 35.4 Å². The molecular weight excluding hydrogens is 316 g/mol. The molecule has 10 nitrogen and oxygen atoms in total. The van der Waals surface area contributed by atoms with E-state index in [4.69, 9.17) is 14.6 Å². The van der Waals surface area contributed by atoms with Crippen LogP contribution in [-0.2, 0) is 9.47 Å². The molecule has 2 rings (SSSR count). The van der Waals surface area contributed by atoms with Gasteiger partial charge in [-0.3, -0.25) is 0 Å². The van der Waals surface area contributed by atoms with E-state index >= 15 is 0 Å². The van der Waals surface area contributed by atoms with Crippen molar-refractivity contribution in [3.05, 3.63) is 17.7 Å². The van der Waals surface area contributed by atoms with Crippen molar-refractivity contribution in [3.63, 3.8) is 0 Å². The second kappa shape index (κ2) is 6.56. The van der Waals surface area contributed by atoms with Gasteiger partial charge in [0.05, 0.1) is 12.2 Å². The second-order valence-electron chi connectivity index (χ2n) is 4.97. The highest BCUT2D eigenvalue weighted by Gasteiger charge is 2.45. The number of rotatable bonds is 3. The zero-order valence-electron chi connectivity index (χ0n) is 11.6. The van der Waals surface area contributed by atoms with E-state index in [1.165, 1.54) is 0 Å². The number of hydrogen-bond donors (Lipinski definition) is 7. The highest BCUT2D eigenvalue weighted by Crippen LogP contribution is 2.35. The van der Waals surface area contributed by atoms with Crippen molar-refractivity contribution in [2.24, 2.45) is 0 Å². The van der Waals surface area contributed by atoms with Crippen molar-refractivity contribution < 1.29 is 50.0 Å². The van der Waals surface area contributed by atoms with Crippen LogP contribution in [0.1, 0.15) is 10.4 Å². The minimum absolute atomic E-state index is 0.366. The van der Waals surface area contributed by atoms with Crippen LogP contribution in [0.5, 0.6) is 17.2 Å². The Balaban J connectivity index is 2.16. The van der Waals surface area contributed by atoms with Crippen LogP contribution < -0.4 is 0 Å². The summed E-state index contributed by atoms with van der Waals surface area (Å²) in [4.78, 5) is 11.9. The van der Waals surface area contributed by atoms with Crippen LogP contribution in [0.2, 0.25) is 0 Å². The highest BCUT2D eigenvalue weighted by molar-refractivity contribution is 5.91. The Morgan fingerprint density at radius 1 is 1.04 bits per heavy atom. The molecule has 0 amide bonds. The summed E-state index contributed by atoms with van der Waals surface area (Å²) in [6.07, 6.45) is -8.06. The Kier molecular flexibility index (Phi) is 4.92. The number of phenolic OH excluding ortho intramolecular Hbond substituents is 3. The summed E-state index contributed by atoms with van der Waals surface area (Å²) in [6, 6.07) is 1.61. The number of esters is 1. The minimum Gasteiger partial charge on any atom is -0.504 e. The fourth-order valence-corrected chi connectivity index (χ4v) is 2.06. The summed E-state index contributed by atoms with van der Waals surface area (Å²) in [5.41, 5.74) is -0.366. The van der Waals surface area contributed by atoms with E-state index < -0.39 is 60.5 Å². The van der Waals surface area contributed by atoms with Gasteiger partial charge in [-0.25, -0.2) is 4.79 Å². The SMILES string of the molecule is O=C(O[C@H]1O[C@H](CO)[C@H](O)[C@H](O)[C@H]1O)c1cc(O)c(O)c(O)c1. The lowest BCUT2D eigenvalue weighted by Gasteiger charge is -2.39. The lowest BCUT2D eigenvalue weighted by Crippen LogP contribution is -2.59. The molecule has 0 aliphatic carbocycles. The molecule has 128 valence electrons. The third kappa shape index (κ3) is 3.30. The maximum atomic E-state index is 11.9. The molecule has 0 unspecified atom stereocenters. The van der Waals surface area contributed by atoms with Crippen LogP contribution in [0.15, 0.2) is 12.1 Å². The Hall–Kier alpha value is -2.11. The van der Waals surface area contributed by atoms with Gasteiger partial charge in [0.25, 0.3) is 0 Å². The monoisotopic (exact) mass is 332 g/mol. The summed E-state index contributed by atoms with van der Waals surface area (Å²) in [6.45, 7) is -0.695. The molecule has 1 fully saturated rings. The maximum absolute atomic E-state index is 11.9. The Bertz CT molecular complexity index is 563. The van der Waals surface area contributed by atoms with Gasteiger partial charge in [0, 0.05) is 0 Å². The van der Waals surface area contributed by atoms with E-state index in [1.807, 2.05) is 0 Å². The first-order chi connectivity index (χ1) is 10.8. The van der Waals surface area contributed by atoms with Gasteiger partial charge < -0.3 is 45.2 Å². The van der Waals surface area contributed by atoms with Gasteiger partial charge in [-0.05, 0) is 12.1 Å². The largest absolute Gasteiger partial charge is 0.504 e. The molecule has 23 heavy (non-hydrogen) atoms. The first kappa shape index (κ1) is 17.2. The van der Waals surface area contributed by atoms with Gasteiger partial charge in [-0.15, -0.1) is 0 Å². The third-order valence-corrected chi connectivity index (χ3v) is 3.38. The number of carbonyl (C=O) groups is 1. The van der Waals surface area contributed by atoms with E-state index in [-0.39, 0.29) is 5.56 Å². The Morgan fingerprint density at radius 3 is 2.13 bits per heavy atom. The van der Waals surface area contributed by atoms with Crippen LogP contribution in [0.3, 0.4) is 0 Å². The predicted octanol–water partition coefficient (Wildman–Crippen LogP) is -2.24. The molecule has 0 radical (unpaired) electrons. The molecule has 7 N–H and O–H groups in total. The zero-order valence-corrected chi connectivity index (χ0v) is 11.6. The number of hydrogen-bond acceptors (Lipinski definition) is 10. The third-order valence-electron chi connectivity index (χ3n) is 3.38. The highest BCUT2D eigenvalue weighted by atomic mass is 16.7. The molecule has 5 atom stereocenters. The van der Waals surface area contributed by atoms with Gasteiger partial charge in [-0.2, -0.15) is 0 Å². The molecule has 1 aromatic rings. The lowest BCUT2D eigenvalue weighted by atomic mass is 9.99. The molecule has 0 bridgehead atoms. The van der Waals surface area contributed by atoms with Gasteiger partial charge >= 0.3 is 5.97 Å². The number of phenols is 3. The molecule has 0 aromatic heterocycles. The average Bonchev–Trinajstić information content (AvgIpc) is 2.52. The standard InChI is InChI=1S/C13H16O10/c14-3-7-9(18)10(19)11(20)13(22-7)23-12(21)4-1-5(15)8(17)6(16)2-4/h1-2,7,9-11,13-20H,3H2/t7-,9+,10+,11-,13-/m1/s1. The van der Waals surface area contributed by atoms with Gasteiger partial charge in [0.15, 0.2) is 17.2 Å². The van der Waals surface area contributed by atoms with Crippen molar-refractivity contribution in [2.75, 3.05) is 6.61 Å². The number of benzene rings is 1. The first-order valence-corrected chi connectivity index (χ1v) is 6.52. The van der Waals surface area contributed by atoms with Crippen molar-refractivity contribution in [2.45, 2.75) is 30.7 Å². The minimum atomic E-state index is -1.78. The molecule has 1 heterocycles. The molecule has 1 aliphatic rings. The van der Waals surface area contributed by atoms with E-state index in [0.29, 0.717) is 0 Å². The summed E-state index contributed by atoms with van der Waals surface area (Å²) < 4.78 is 9.77. The van der Waals surface area contributed by atoms with E-state index in [2.05, 4.69) is 0 Å². The molecular formula is C13H16O10. The fraction of sp³-hybridized carbons (Fsp3) is 0.462. The van der Waals surface area contributed by atoms with Crippen molar-refractivity contribution in [1.29, 1.82) is 0 Å². The summed E-state index contributed by atoms with van der Waals surface area (Å²) in [7, 11) is 0. The zero-order chi connectivity index (χ0) is 17.3. The van der Waals surface area contributed by atoms with Crippen LogP contribution in [-0.4, -0.2) is 79.0 Å². The normalized spacial score (nSPS) is 30.9. The Morgan fingerprint density at radius 2 is 1.61 bits per heavy atom. The number of aliphatic hydroxyl groups excluding tert-OH is 4. The van der Waals surface area contributed by atoms with Gasteiger partial charge in [-0.1, -0.05) is 0 Å². The van der Waals surface area contributed by atoms with Crippen molar-refractivity contribution >= 4 is 5.97 Å². The molecule has 0 spiro atoms. The van der Waals surface area contributed by atoms with Crippen molar-refractivity contribution in [3.8, 4) is 17.2 Å². The predicted molar refractivity (Wildman–Crippen MR) is 70.6 cm³/mol. The van der Waals surface area contributed by atoms with E-state index in [0.717, 1.165) is 12.1 Å². The lowest BCUT2D eigenvalue weighted by molar-refractivity contribution is -0.285. The van der Waals surface area contributed by atoms with Crippen LogP contribution in [0, 0.1) is 0 Å². The average molecular weight is 332 g/mol. The summed E-state index contributed by atoms with van der Waals surface area (Å²) in [5, 5.41) is 65.8. The first-order valence-electron chi connectivity index (χ1n) is 6.52. The number of aliphatic hydroxyl groups is 4. The molecule has 0 saturated carbocycles. The van der Waals surface area contributed by atoms with E-state index in [1.54, 1.807) is 0 Å². The second-order valence-corrected chi connectivity index (χ2v) is 4.97. The maximum Gasteiger partial charge on any atom is 0.340 e. The molecule has 1 aromatic carbocycles. The van der Waals surface area contributed by atoms with Crippen LogP contribution in [0.25, 0.3) is 0 Å². The van der Waals surface area contributed by atoms with Gasteiger partial charge in [0.2, 0.25) is 6.29 Å². The Labute approximate surface area is 129 Å².